The van der Waals surface area contributed by atoms with Gasteiger partial charge in [-0.1, -0.05) is 46.8 Å². The molecule has 0 aliphatic carbocycles. The number of aryl methyl sites for hydroxylation is 1. The zero-order chi connectivity index (χ0) is 14.5. The molecule has 0 fully saturated rings. The van der Waals surface area contributed by atoms with Gasteiger partial charge in [-0.15, -0.1) is 0 Å². The van der Waals surface area contributed by atoms with Gasteiger partial charge in [-0.2, -0.15) is 12.6 Å². The highest BCUT2D eigenvalue weighted by atomic mass is 32.1. The third-order valence-electron chi connectivity index (χ3n) is 3.57. The van der Waals surface area contributed by atoms with Crippen LogP contribution in [-0.4, -0.2) is 12.4 Å². The maximum Gasteiger partial charge on any atom is 0.123 e. The van der Waals surface area contributed by atoms with E-state index in [0.29, 0.717) is 5.92 Å². The number of rotatable bonds is 6. The van der Waals surface area contributed by atoms with Crippen molar-refractivity contribution in [3.63, 3.8) is 0 Å². The molecule has 0 bridgehead atoms. The molecule has 1 nitrogen and oxygen atoms in total. The third-order valence-corrected chi connectivity index (χ3v) is 4.09. The van der Waals surface area contributed by atoms with Crippen LogP contribution in [0.3, 0.4) is 0 Å². The average Bonchev–Trinajstić information content (AvgIpc) is 2.39. The first-order valence-corrected chi connectivity index (χ1v) is 7.92. The lowest BCUT2D eigenvalue weighted by atomic mass is 9.85. The molecule has 0 aliphatic rings. The molecule has 0 saturated carbocycles. The van der Waals surface area contributed by atoms with Crippen LogP contribution in [0.1, 0.15) is 52.2 Å². The largest absolute Gasteiger partial charge is 0.493 e. The van der Waals surface area contributed by atoms with Crippen LogP contribution in [0.15, 0.2) is 18.2 Å². The quantitative estimate of drug-likeness (QED) is 0.731. The highest BCUT2D eigenvalue weighted by Crippen LogP contribution is 2.32. The van der Waals surface area contributed by atoms with Gasteiger partial charge in [0.05, 0.1) is 6.61 Å². The van der Waals surface area contributed by atoms with Crippen LogP contribution < -0.4 is 4.74 Å². The Morgan fingerprint density at radius 1 is 1.21 bits per heavy atom. The molecule has 19 heavy (non-hydrogen) atoms. The van der Waals surface area contributed by atoms with Gasteiger partial charge in [0, 0.05) is 5.92 Å². The zero-order valence-corrected chi connectivity index (χ0v) is 13.9. The van der Waals surface area contributed by atoms with Crippen molar-refractivity contribution in [2.24, 2.45) is 5.92 Å². The Kier molecular flexibility index (Phi) is 6.25. The number of benzene rings is 1. The van der Waals surface area contributed by atoms with Gasteiger partial charge in [0.2, 0.25) is 0 Å². The maximum atomic E-state index is 6.06. The summed E-state index contributed by atoms with van der Waals surface area (Å²) in [5, 5.41) is 0. The molecule has 0 spiro atoms. The predicted molar refractivity (Wildman–Crippen MR) is 87.6 cm³/mol. The van der Waals surface area contributed by atoms with Crippen LogP contribution >= 0.6 is 12.6 Å². The minimum atomic E-state index is 0.114. The summed E-state index contributed by atoms with van der Waals surface area (Å²) < 4.78 is 6.06. The highest BCUT2D eigenvalue weighted by molar-refractivity contribution is 7.80. The van der Waals surface area contributed by atoms with Crippen molar-refractivity contribution in [1.29, 1.82) is 0 Å². The molecule has 2 heteroatoms. The minimum absolute atomic E-state index is 0.114. The zero-order valence-electron chi connectivity index (χ0n) is 13.0. The summed E-state index contributed by atoms with van der Waals surface area (Å²) >= 11 is 4.38. The van der Waals surface area contributed by atoms with Gasteiger partial charge in [-0.05, 0) is 41.2 Å². The molecular weight excluding hydrogens is 252 g/mol. The monoisotopic (exact) mass is 280 g/mol. The Labute approximate surface area is 124 Å². The van der Waals surface area contributed by atoms with Crippen molar-refractivity contribution < 1.29 is 4.74 Å². The first kappa shape index (κ1) is 16.4. The molecule has 0 heterocycles. The smallest absolute Gasteiger partial charge is 0.123 e. The van der Waals surface area contributed by atoms with Crippen LogP contribution in [0.4, 0.5) is 0 Å². The molecule has 0 amide bonds. The van der Waals surface area contributed by atoms with Gasteiger partial charge in [-0.3, -0.25) is 0 Å². The maximum absolute atomic E-state index is 6.06. The SMILES string of the molecule is CCc1ccc(OCC(CC)CS)c(C(C)(C)C)c1. The van der Waals surface area contributed by atoms with E-state index in [9.17, 15) is 0 Å². The summed E-state index contributed by atoms with van der Waals surface area (Å²) in [4.78, 5) is 0. The summed E-state index contributed by atoms with van der Waals surface area (Å²) in [6, 6.07) is 6.59. The summed E-state index contributed by atoms with van der Waals surface area (Å²) in [7, 11) is 0. The second-order valence-corrected chi connectivity index (χ2v) is 6.57. The molecule has 0 aromatic heterocycles. The first-order valence-electron chi connectivity index (χ1n) is 7.29. The van der Waals surface area contributed by atoms with E-state index in [-0.39, 0.29) is 5.41 Å². The van der Waals surface area contributed by atoms with Gasteiger partial charge in [0.1, 0.15) is 5.75 Å². The second-order valence-electron chi connectivity index (χ2n) is 6.20. The molecular formula is C17H28OS. The van der Waals surface area contributed by atoms with E-state index < -0.39 is 0 Å². The average molecular weight is 280 g/mol. The van der Waals surface area contributed by atoms with Gasteiger partial charge in [0.15, 0.2) is 0 Å². The van der Waals surface area contributed by atoms with Crippen LogP contribution in [0.5, 0.6) is 5.75 Å². The molecule has 0 N–H and O–H groups in total. The normalized spacial score (nSPS) is 13.4. The number of thiol groups is 1. The lowest BCUT2D eigenvalue weighted by molar-refractivity contribution is 0.254. The van der Waals surface area contributed by atoms with Crippen LogP contribution in [0, 0.1) is 5.92 Å². The van der Waals surface area contributed by atoms with Crippen molar-refractivity contribution in [1.82, 2.24) is 0 Å². The van der Waals surface area contributed by atoms with Crippen molar-refractivity contribution in [2.45, 2.75) is 52.9 Å². The predicted octanol–water partition coefficient (Wildman–Crippen LogP) is 4.88. The standard InChI is InChI=1S/C17H28OS/c1-6-13-8-9-16(15(10-13)17(3,4)5)18-11-14(7-2)12-19/h8-10,14,19H,6-7,11-12H2,1-5H3. The molecule has 0 saturated heterocycles. The summed E-state index contributed by atoms with van der Waals surface area (Å²) in [5.41, 5.74) is 2.79. The fraction of sp³-hybridized carbons (Fsp3) is 0.647. The Hall–Kier alpha value is -0.630. The molecule has 0 aliphatic heterocycles. The van der Waals surface area contributed by atoms with Crippen molar-refractivity contribution >= 4 is 12.6 Å². The van der Waals surface area contributed by atoms with Gasteiger partial charge >= 0.3 is 0 Å². The van der Waals surface area contributed by atoms with Crippen LogP contribution in [0.2, 0.25) is 0 Å². The summed E-state index contributed by atoms with van der Waals surface area (Å²) in [6.07, 6.45) is 2.18. The molecule has 108 valence electrons. The lowest BCUT2D eigenvalue weighted by Gasteiger charge is -2.24. The van der Waals surface area contributed by atoms with E-state index in [1.54, 1.807) is 0 Å². The Balaban J connectivity index is 2.93. The van der Waals surface area contributed by atoms with E-state index >= 15 is 0 Å². The number of hydrogen-bond donors (Lipinski definition) is 1. The van der Waals surface area contributed by atoms with Crippen molar-refractivity contribution in [2.75, 3.05) is 12.4 Å². The van der Waals surface area contributed by atoms with Crippen molar-refractivity contribution in [3.8, 4) is 5.75 Å². The molecule has 1 unspecified atom stereocenters. The number of ether oxygens (including phenoxy) is 1. The second kappa shape index (κ2) is 7.23. The molecule has 0 radical (unpaired) electrons. The molecule has 1 rings (SSSR count). The molecule has 1 atom stereocenters. The first-order chi connectivity index (χ1) is 8.92. The van der Waals surface area contributed by atoms with Gasteiger partial charge in [-0.25, -0.2) is 0 Å². The van der Waals surface area contributed by atoms with E-state index in [1.165, 1.54) is 11.1 Å². The van der Waals surface area contributed by atoms with E-state index in [1.807, 2.05) is 0 Å². The molecule has 1 aromatic carbocycles. The van der Waals surface area contributed by atoms with Crippen LogP contribution in [-0.2, 0) is 11.8 Å². The minimum Gasteiger partial charge on any atom is -0.493 e. The van der Waals surface area contributed by atoms with Gasteiger partial charge in [0.25, 0.3) is 0 Å². The Bertz CT molecular complexity index is 389. The number of hydrogen-bond acceptors (Lipinski definition) is 2. The fourth-order valence-electron chi connectivity index (χ4n) is 2.02. The van der Waals surface area contributed by atoms with Crippen molar-refractivity contribution in [3.05, 3.63) is 29.3 Å². The topological polar surface area (TPSA) is 9.23 Å². The summed E-state index contributed by atoms with van der Waals surface area (Å²) in [6.45, 7) is 11.9. The van der Waals surface area contributed by atoms with E-state index in [0.717, 1.165) is 31.0 Å². The fourth-order valence-corrected chi connectivity index (χ4v) is 2.38. The Morgan fingerprint density at radius 2 is 1.89 bits per heavy atom. The lowest BCUT2D eigenvalue weighted by Crippen LogP contribution is -2.17. The van der Waals surface area contributed by atoms with Gasteiger partial charge < -0.3 is 4.74 Å². The van der Waals surface area contributed by atoms with E-state index in [4.69, 9.17) is 4.74 Å². The summed E-state index contributed by atoms with van der Waals surface area (Å²) in [5.74, 6) is 2.45. The van der Waals surface area contributed by atoms with Crippen LogP contribution in [0.25, 0.3) is 0 Å². The molecule has 1 aromatic rings. The highest BCUT2D eigenvalue weighted by Gasteiger charge is 2.20. The Morgan fingerprint density at radius 3 is 2.37 bits per heavy atom. The third kappa shape index (κ3) is 4.76. The van der Waals surface area contributed by atoms with E-state index in [2.05, 4.69) is 65.4 Å².